The lowest BCUT2D eigenvalue weighted by Crippen LogP contribution is -2.42. The van der Waals surface area contributed by atoms with Gasteiger partial charge in [-0.1, -0.05) is 23.2 Å². The fourth-order valence-electron chi connectivity index (χ4n) is 3.39. The molecule has 1 fully saturated rings. The summed E-state index contributed by atoms with van der Waals surface area (Å²) in [7, 11) is 1.72. The van der Waals surface area contributed by atoms with Crippen molar-refractivity contribution in [3.8, 4) is 11.3 Å². The molecule has 1 unspecified atom stereocenters. The molecule has 1 aliphatic heterocycles. The number of amides is 1. The Morgan fingerprint density at radius 1 is 1.14 bits per heavy atom. The van der Waals surface area contributed by atoms with Crippen molar-refractivity contribution in [1.82, 2.24) is 14.7 Å². The summed E-state index contributed by atoms with van der Waals surface area (Å²) in [6, 6.07) is 13.0. The number of benzene rings is 2. The number of carbonyl (C=O) groups excluding carboxylic acids is 1. The van der Waals surface area contributed by atoms with Crippen LogP contribution in [0.3, 0.4) is 0 Å². The number of carbonyl (C=O) groups is 1. The zero-order valence-electron chi connectivity index (χ0n) is 15.6. The van der Waals surface area contributed by atoms with E-state index in [2.05, 4.69) is 5.10 Å². The van der Waals surface area contributed by atoms with E-state index in [0.717, 1.165) is 11.1 Å². The number of halogens is 3. The maximum atomic E-state index is 13.2. The van der Waals surface area contributed by atoms with Gasteiger partial charge in [0.1, 0.15) is 17.6 Å². The van der Waals surface area contributed by atoms with Crippen molar-refractivity contribution in [2.24, 2.45) is 7.05 Å². The molecule has 0 spiro atoms. The molecule has 0 radical (unpaired) electrons. The molecule has 1 aromatic heterocycles. The first-order valence-electron chi connectivity index (χ1n) is 9.07. The van der Waals surface area contributed by atoms with E-state index in [1.807, 2.05) is 0 Å². The minimum atomic E-state index is -0.318. The van der Waals surface area contributed by atoms with Crippen LogP contribution in [0.4, 0.5) is 4.39 Å². The van der Waals surface area contributed by atoms with Crippen LogP contribution in [-0.2, 0) is 11.8 Å². The number of nitrogens with zero attached hydrogens (tertiary/aromatic N) is 3. The molecule has 29 heavy (non-hydrogen) atoms. The zero-order valence-corrected chi connectivity index (χ0v) is 17.1. The number of hydrogen-bond acceptors (Lipinski definition) is 3. The van der Waals surface area contributed by atoms with E-state index >= 15 is 0 Å². The molecular weight excluding hydrogens is 416 g/mol. The summed E-state index contributed by atoms with van der Waals surface area (Å²) in [4.78, 5) is 14.9. The molecule has 1 saturated heterocycles. The van der Waals surface area contributed by atoms with Gasteiger partial charge in [-0.05, 0) is 54.1 Å². The zero-order chi connectivity index (χ0) is 20.5. The normalized spacial score (nSPS) is 16.8. The monoisotopic (exact) mass is 433 g/mol. The first-order chi connectivity index (χ1) is 13.9. The molecule has 5 nitrogen and oxygen atoms in total. The lowest BCUT2D eigenvalue weighted by Gasteiger charge is -2.33. The first kappa shape index (κ1) is 19.9. The van der Waals surface area contributed by atoms with Crippen molar-refractivity contribution < 1.29 is 13.9 Å². The molecule has 0 N–H and O–H groups in total. The summed E-state index contributed by atoms with van der Waals surface area (Å²) < 4.78 is 20.6. The van der Waals surface area contributed by atoms with Gasteiger partial charge in [0.05, 0.1) is 18.8 Å². The Kier molecular flexibility index (Phi) is 5.58. The van der Waals surface area contributed by atoms with Gasteiger partial charge in [-0.3, -0.25) is 9.48 Å². The highest BCUT2D eigenvalue weighted by Gasteiger charge is 2.28. The van der Waals surface area contributed by atoms with Crippen LogP contribution in [0.1, 0.15) is 22.2 Å². The fraction of sp³-hybridized carbons (Fsp3) is 0.238. The number of aromatic nitrogens is 2. The highest BCUT2D eigenvalue weighted by molar-refractivity contribution is 6.34. The van der Waals surface area contributed by atoms with Gasteiger partial charge in [-0.25, -0.2) is 4.39 Å². The van der Waals surface area contributed by atoms with E-state index in [4.69, 9.17) is 27.9 Å². The summed E-state index contributed by atoms with van der Waals surface area (Å²) in [5, 5.41) is 5.45. The van der Waals surface area contributed by atoms with E-state index in [-0.39, 0.29) is 17.8 Å². The molecule has 3 aromatic rings. The van der Waals surface area contributed by atoms with E-state index < -0.39 is 0 Å². The van der Waals surface area contributed by atoms with Gasteiger partial charge in [-0.2, -0.15) is 5.10 Å². The Morgan fingerprint density at radius 3 is 2.52 bits per heavy atom. The molecule has 2 aromatic carbocycles. The maximum absolute atomic E-state index is 13.2. The molecule has 0 bridgehead atoms. The van der Waals surface area contributed by atoms with Gasteiger partial charge >= 0.3 is 0 Å². The van der Waals surface area contributed by atoms with E-state index in [9.17, 15) is 9.18 Å². The lowest BCUT2D eigenvalue weighted by molar-refractivity contribution is -0.0231. The average Bonchev–Trinajstić information content (AvgIpc) is 3.09. The van der Waals surface area contributed by atoms with E-state index in [1.54, 1.807) is 53.0 Å². The van der Waals surface area contributed by atoms with Crippen LogP contribution >= 0.6 is 23.2 Å². The van der Waals surface area contributed by atoms with Gasteiger partial charge in [0.25, 0.3) is 5.91 Å². The molecular formula is C21H18Cl2FN3O2. The van der Waals surface area contributed by atoms with Gasteiger partial charge in [0.15, 0.2) is 0 Å². The highest BCUT2D eigenvalue weighted by Crippen LogP contribution is 2.29. The summed E-state index contributed by atoms with van der Waals surface area (Å²) >= 11 is 12.2. The van der Waals surface area contributed by atoms with Crippen molar-refractivity contribution in [2.75, 3.05) is 19.7 Å². The van der Waals surface area contributed by atoms with Crippen LogP contribution in [0.25, 0.3) is 11.3 Å². The standard InChI is InChI=1S/C21H18Cl2FN3O2/c1-26-19(11-18(25-26)13-2-4-17(24)5-3-13)21(28)27-6-7-29-20(12-27)14-8-15(22)10-16(23)9-14/h2-5,8-11,20H,6-7,12H2,1H3. The van der Waals surface area contributed by atoms with Crippen molar-refractivity contribution in [1.29, 1.82) is 0 Å². The molecule has 0 aliphatic carbocycles. The molecule has 8 heteroatoms. The minimum Gasteiger partial charge on any atom is -0.370 e. The van der Waals surface area contributed by atoms with Crippen molar-refractivity contribution in [2.45, 2.75) is 6.10 Å². The maximum Gasteiger partial charge on any atom is 0.272 e. The smallest absolute Gasteiger partial charge is 0.272 e. The number of aryl methyl sites for hydroxylation is 1. The SMILES string of the molecule is Cn1nc(-c2ccc(F)cc2)cc1C(=O)N1CCOC(c2cc(Cl)cc(Cl)c2)C1. The lowest BCUT2D eigenvalue weighted by atomic mass is 10.1. The Labute approximate surface area is 177 Å². The largest absolute Gasteiger partial charge is 0.370 e. The predicted molar refractivity (Wildman–Crippen MR) is 110 cm³/mol. The van der Waals surface area contributed by atoms with Crippen LogP contribution in [0.5, 0.6) is 0 Å². The van der Waals surface area contributed by atoms with Gasteiger partial charge < -0.3 is 9.64 Å². The Balaban J connectivity index is 1.55. The molecule has 1 atom stereocenters. The predicted octanol–water partition coefficient (Wildman–Crippen LogP) is 4.75. The number of hydrogen-bond donors (Lipinski definition) is 0. The number of ether oxygens (including phenoxy) is 1. The second-order valence-electron chi connectivity index (χ2n) is 6.86. The Hall–Kier alpha value is -2.41. The molecule has 0 saturated carbocycles. The summed E-state index contributed by atoms with van der Waals surface area (Å²) in [6.45, 7) is 1.26. The van der Waals surface area contributed by atoms with Crippen LogP contribution in [0, 0.1) is 5.82 Å². The minimum absolute atomic E-state index is 0.144. The van der Waals surface area contributed by atoms with Gasteiger partial charge in [0.2, 0.25) is 0 Å². The summed E-state index contributed by atoms with van der Waals surface area (Å²) in [5.41, 5.74) is 2.64. The second kappa shape index (κ2) is 8.14. The van der Waals surface area contributed by atoms with Crippen LogP contribution < -0.4 is 0 Å². The van der Waals surface area contributed by atoms with Crippen molar-refractivity contribution >= 4 is 29.1 Å². The molecule has 1 amide bonds. The second-order valence-corrected chi connectivity index (χ2v) is 7.73. The van der Waals surface area contributed by atoms with Crippen LogP contribution in [0.15, 0.2) is 48.5 Å². The number of rotatable bonds is 3. The van der Waals surface area contributed by atoms with Gasteiger partial charge in [-0.15, -0.1) is 0 Å². The van der Waals surface area contributed by atoms with Crippen molar-refractivity contribution in [3.63, 3.8) is 0 Å². The Bertz CT molecular complexity index is 1030. The average molecular weight is 434 g/mol. The van der Waals surface area contributed by atoms with E-state index in [0.29, 0.717) is 41.1 Å². The third kappa shape index (κ3) is 4.29. The number of morpholine rings is 1. The summed E-state index contributed by atoms with van der Waals surface area (Å²) in [5.74, 6) is -0.462. The van der Waals surface area contributed by atoms with E-state index in [1.165, 1.54) is 12.1 Å². The quantitative estimate of drug-likeness (QED) is 0.598. The van der Waals surface area contributed by atoms with Crippen LogP contribution in [-0.4, -0.2) is 40.3 Å². The fourth-order valence-corrected chi connectivity index (χ4v) is 3.93. The third-order valence-electron chi connectivity index (χ3n) is 4.85. The molecule has 1 aliphatic rings. The topological polar surface area (TPSA) is 47.4 Å². The Morgan fingerprint density at radius 2 is 1.83 bits per heavy atom. The first-order valence-corrected chi connectivity index (χ1v) is 9.83. The molecule has 150 valence electrons. The molecule has 4 rings (SSSR count). The summed E-state index contributed by atoms with van der Waals surface area (Å²) in [6.07, 6.45) is -0.311. The third-order valence-corrected chi connectivity index (χ3v) is 5.29. The highest BCUT2D eigenvalue weighted by atomic mass is 35.5. The van der Waals surface area contributed by atoms with Crippen molar-refractivity contribution in [3.05, 3.63) is 75.7 Å². The van der Waals surface area contributed by atoms with Gasteiger partial charge in [0, 0.05) is 29.2 Å². The van der Waals surface area contributed by atoms with Crippen LogP contribution in [0.2, 0.25) is 10.0 Å². The molecule has 2 heterocycles.